The van der Waals surface area contributed by atoms with Crippen molar-refractivity contribution < 1.29 is 14.3 Å². The topological polar surface area (TPSA) is 81.9 Å². The van der Waals surface area contributed by atoms with E-state index in [1.807, 2.05) is 110 Å². The molecule has 0 bridgehead atoms. The van der Waals surface area contributed by atoms with E-state index in [1.165, 1.54) is 16.9 Å². The van der Waals surface area contributed by atoms with Crippen LogP contribution in [-0.4, -0.2) is 23.7 Å². The average Bonchev–Trinajstić information content (AvgIpc) is 3.37. The van der Waals surface area contributed by atoms with E-state index in [1.54, 1.807) is 4.57 Å². The minimum absolute atomic E-state index is 0.0807. The monoisotopic (exact) mass is 643 g/mol. The SMILES string of the molecule is CC1=C(C(=O)Nc2ccccc2)[C@H](c2ccccc2)n2c(s/c(=C\c3ccccc3OCCOc3ccc(C(C)(C)C)cc3)c2=O)=N1. The third kappa shape index (κ3) is 7.13. The Kier molecular flexibility index (Phi) is 9.22. The summed E-state index contributed by atoms with van der Waals surface area (Å²) in [6.07, 6.45) is 1.83. The molecule has 1 aliphatic rings. The van der Waals surface area contributed by atoms with Crippen LogP contribution in [0, 0.1) is 0 Å². The quantitative estimate of drug-likeness (QED) is 0.183. The van der Waals surface area contributed by atoms with E-state index < -0.39 is 6.04 Å². The minimum Gasteiger partial charge on any atom is -0.490 e. The lowest BCUT2D eigenvalue weighted by Crippen LogP contribution is -2.40. The van der Waals surface area contributed by atoms with Crippen molar-refractivity contribution in [3.8, 4) is 11.5 Å². The second kappa shape index (κ2) is 13.6. The number of aromatic nitrogens is 1. The molecule has 1 aliphatic heterocycles. The third-order valence-electron chi connectivity index (χ3n) is 7.95. The number of hydrogen-bond acceptors (Lipinski definition) is 6. The molecule has 0 saturated carbocycles. The molecule has 47 heavy (non-hydrogen) atoms. The minimum atomic E-state index is -0.639. The fourth-order valence-corrected chi connectivity index (χ4v) is 6.55. The highest BCUT2D eigenvalue weighted by Crippen LogP contribution is 2.31. The average molecular weight is 644 g/mol. The highest BCUT2D eigenvalue weighted by Gasteiger charge is 2.32. The number of carbonyl (C=O) groups is 1. The van der Waals surface area contributed by atoms with Crippen LogP contribution >= 0.6 is 11.3 Å². The number of thiazole rings is 1. The molecule has 238 valence electrons. The summed E-state index contributed by atoms with van der Waals surface area (Å²) in [5, 5.41) is 2.99. The van der Waals surface area contributed by atoms with E-state index >= 15 is 0 Å². The smallest absolute Gasteiger partial charge is 0.271 e. The van der Waals surface area contributed by atoms with Crippen molar-refractivity contribution >= 4 is 29.0 Å². The van der Waals surface area contributed by atoms with Crippen LogP contribution in [0.3, 0.4) is 0 Å². The molecule has 1 N–H and O–H groups in total. The normalized spacial score (nSPS) is 14.7. The van der Waals surface area contributed by atoms with Crippen LogP contribution in [0.5, 0.6) is 11.5 Å². The van der Waals surface area contributed by atoms with Crippen LogP contribution in [0.2, 0.25) is 0 Å². The Morgan fingerprint density at radius 3 is 2.21 bits per heavy atom. The molecule has 1 atom stereocenters. The van der Waals surface area contributed by atoms with Gasteiger partial charge in [-0.15, -0.1) is 0 Å². The summed E-state index contributed by atoms with van der Waals surface area (Å²) >= 11 is 1.30. The van der Waals surface area contributed by atoms with Crippen LogP contribution in [0.1, 0.15) is 50.4 Å². The van der Waals surface area contributed by atoms with Gasteiger partial charge in [-0.05, 0) is 59.9 Å². The standard InChI is InChI=1S/C39H37N3O4S/c1-26-34(36(43)41-30-16-9-6-10-17-30)35(27-13-7-5-8-14-27)42-37(44)33(47-38(42)40-26)25-28-15-11-12-18-32(28)46-24-23-45-31-21-19-29(20-22-31)39(2,3)4/h5-22,25,35H,23-24H2,1-4H3,(H,41,43)/b33-25-/t35-/m0/s1. The summed E-state index contributed by atoms with van der Waals surface area (Å²) in [4.78, 5) is 33.1. The van der Waals surface area contributed by atoms with Gasteiger partial charge in [0.2, 0.25) is 0 Å². The summed E-state index contributed by atoms with van der Waals surface area (Å²) in [5.41, 5.74) is 4.35. The predicted octanol–water partition coefficient (Wildman–Crippen LogP) is 6.63. The highest BCUT2D eigenvalue weighted by atomic mass is 32.1. The largest absolute Gasteiger partial charge is 0.490 e. The number of rotatable bonds is 9. The van der Waals surface area contributed by atoms with E-state index in [4.69, 9.17) is 14.5 Å². The summed E-state index contributed by atoms with van der Waals surface area (Å²) < 4.78 is 14.2. The number of anilines is 1. The Morgan fingerprint density at radius 2 is 1.51 bits per heavy atom. The Hall–Kier alpha value is -5.21. The Balaban J connectivity index is 1.27. The predicted molar refractivity (Wildman–Crippen MR) is 188 cm³/mol. The fraction of sp³-hybridized carbons (Fsp3) is 0.205. The number of nitrogens with one attached hydrogen (secondary N) is 1. The summed E-state index contributed by atoms with van der Waals surface area (Å²) in [6, 6.07) is 34.0. The van der Waals surface area contributed by atoms with Crippen molar-refractivity contribution in [2.75, 3.05) is 18.5 Å². The molecule has 0 aliphatic carbocycles. The van der Waals surface area contributed by atoms with Crippen molar-refractivity contribution in [3.63, 3.8) is 0 Å². The molecule has 1 amide bonds. The first kappa shape index (κ1) is 31.8. The summed E-state index contributed by atoms with van der Waals surface area (Å²) in [6.45, 7) is 9.07. The molecule has 0 unspecified atom stereocenters. The molecule has 0 radical (unpaired) electrons. The van der Waals surface area contributed by atoms with Crippen molar-refractivity contribution in [1.82, 2.24) is 4.57 Å². The number of benzene rings is 4. The second-order valence-electron chi connectivity index (χ2n) is 12.3. The van der Waals surface area contributed by atoms with Gasteiger partial charge in [0.25, 0.3) is 11.5 Å². The van der Waals surface area contributed by atoms with Gasteiger partial charge in [-0.1, -0.05) is 111 Å². The van der Waals surface area contributed by atoms with Gasteiger partial charge in [0, 0.05) is 11.3 Å². The zero-order valence-electron chi connectivity index (χ0n) is 26.9. The zero-order chi connectivity index (χ0) is 33.0. The second-order valence-corrected chi connectivity index (χ2v) is 13.3. The molecule has 1 aromatic heterocycles. The van der Waals surface area contributed by atoms with Crippen molar-refractivity contribution in [1.29, 1.82) is 0 Å². The molecule has 0 spiro atoms. The number of hydrogen-bond donors (Lipinski definition) is 1. The van der Waals surface area contributed by atoms with Gasteiger partial charge in [0.1, 0.15) is 24.7 Å². The maximum atomic E-state index is 14.1. The first-order chi connectivity index (χ1) is 22.7. The Bertz CT molecular complexity index is 2090. The number of para-hydroxylation sites is 2. The summed E-state index contributed by atoms with van der Waals surface area (Å²) in [5.74, 6) is 1.13. The highest BCUT2D eigenvalue weighted by molar-refractivity contribution is 7.07. The number of ether oxygens (including phenoxy) is 2. The fourth-order valence-electron chi connectivity index (χ4n) is 5.52. The van der Waals surface area contributed by atoms with Gasteiger partial charge in [-0.3, -0.25) is 14.2 Å². The lowest BCUT2D eigenvalue weighted by molar-refractivity contribution is -0.113. The van der Waals surface area contributed by atoms with Gasteiger partial charge in [-0.2, -0.15) is 0 Å². The molecule has 0 saturated heterocycles. The number of amides is 1. The zero-order valence-corrected chi connectivity index (χ0v) is 27.7. The molecular formula is C39H37N3O4S. The van der Waals surface area contributed by atoms with Crippen LogP contribution in [0.4, 0.5) is 5.69 Å². The van der Waals surface area contributed by atoms with Crippen LogP contribution < -0.4 is 29.7 Å². The summed E-state index contributed by atoms with van der Waals surface area (Å²) in [7, 11) is 0. The van der Waals surface area contributed by atoms with Crippen LogP contribution in [0.25, 0.3) is 6.08 Å². The molecule has 7 nitrogen and oxygen atoms in total. The maximum absolute atomic E-state index is 14.1. The Morgan fingerprint density at radius 1 is 0.872 bits per heavy atom. The van der Waals surface area contributed by atoms with Crippen molar-refractivity contribution in [3.05, 3.63) is 157 Å². The lowest BCUT2D eigenvalue weighted by Gasteiger charge is -2.25. The molecule has 0 fully saturated rings. The molecular weight excluding hydrogens is 607 g/mol. The Labute approximate surface area is 278 Å². The lowest BCUT2D eigenvalue weighted by atomic mass is 9.87. The van der Waals surface area contributed by atoms with Gasteiger partial charge < -0.3 is 14.8 Å². The molecule has 5 aromatic rings. The van der Waals surface area contributed by atoms with Gasteiger partial charge in [0.05, 0.1) is 21.8 Å². The molecule has 4 aromatic carbocycles. The van der Waals surface area contributed by atoms with Crippen molar-refractivity contribution in [2.45, 2.75) is 39.2 Å². The number of fused-ring (bicyclic) bond motifs is 1. The number of allylic oxidation sites excluding steroid dienone is 1. The van der Waals surface area contributed by atoms with Crippen LogP contribution in [-0.2, 0) is 10.2 Å². The molecule has 8 heteroatoms. The van der Waals surface area contributed by atoms with E-state index in [9.17, 15) is 9.59 Å². The third-order valence-corrected chi connectivity index (χ3v) is 8.93. The first-order valence-electron chi connectivity index (χ1n) is 15.6. The molecule has 2 heterocycles. The van der Waals surface area contributed by atoms with E-state index in [-0.39, 0.29) is 16.9 Å². The number of carbonyl (C=O) groups excluding carboxylic acids is 1. The maximum Gasteiger partial charge on any atom is 0.271 e. The number of nitrogens with zero attached hydrogens (tertiary/aromatic N) is 2. The van der Waals surface area contributed by atoms with Gasteiger partial charge in [-0.25, -0.2) is 4.99 Å². The first-order valence-corrected chi connectivity index (χ1v) is 16.4. The van der Waals surface area contributed by atoms with Gasteiger partial charge in [0.15, 0.2) is 4.80 Å². The van der Waals surface area contributed by atoms with Crippen LogP contribution in [0.15, 0.2) is 130 Å². The van der Waals surface area contributed by atoms with E-state index in [0.717, 1.165) is 16.9 Å². The van der Waals surface area contributed by atoms with Gasteiger partial charge >= 0.3 is 0 Å². The van der Waals surface area contributed by atoms with E-state index in [0.29, 0.717) is 45.3 Å². The van der Waals surface area contributed by atoms with Crippen molar-refractivity contribution in [2.24, 2.45) is 4.99 Å². The molecule has 6 rings (SSSR count). The van der Waals surface area contributed by atoms with E-state index in [2.05, 4.69) is 38.2 Å².